The van der Waals surface area contributed by atoms with Crippen molar-refractivity contribution in [3.8, 4) is 11.3 Å². The summed E-state index contributed by atoms with van der Waals surface area (Å²) in [6, 6.07) is 8.18. The Morgan fingerprint density at radius 1 is 1.00 bits per heavy atom. The van der Waals surface area contributed by atoms with Gasteiger partial charge in [-0.2, -0.15) is 0 Å². The van der Waals surface area contributed by atoms with Crippen LogP contribution in [-0.4, -0.2) is 22.0 Å². The van der Waals surface area contributed by atoms with Crippen molar-refractivity contribution in [1.82, 2.24) is 15.0 Å². The van der Waals surface area contributed by atoms with Crippen molar-refractivity contribution in [2.75, 3.05) is 12.4 Å². The molecule has 3 rings (SSSR count). The Morgan fingerprint density at radius 3 is 2.60 bits per heavy atom. The largest absolute Gasteiger partial charge is 0.371 e. The standard InChI is InChI=1S/C16H16N4/c1-10-11(2)20-16(17-3)15(19-10)13-6-4-5-12-7-8-18-9-14(12)13/h4-9H,1-3H3,(H,17,20). The first-order valence-corrected chi connectivity index (χ1v) is 6.57. The van der Waals surface area contributed by atoms with Gasteiger partial charge in [0, 0.05) is 30.4 Å². The summed E-state index contributed by atoms with van der Waals surface area (Å²) in [5.74, 6) is 0.796. The summed E-state index contributed by atoms with van der Waals surface area (Å²) in [5.41, 5.74) is 3.81. The van der Waals surface area contributed by atoms with Gasteiger partial charge in [0.15, 0.2) is 5.82 Å². The molecule has 1 aromatic carbocycles. The molecule has 0 saturated carbocycles. The number of aromatic nitrogens is 3. The van der Waals surface area contributed by atoms with Gasteiger partial charge in [0.2, 0.25) is 0 Å². The summed E-state index contributed by atoms with van der Waals surface area (Å²) in [6.07, 6.45) is 3.68. The monoisotopic (exact) mass is 264 g/mol. The van der Waals surface area contributed by atoms with E-state index in [1.165, 1.54) is 0 Å². The Kier molecular flexibility index (Phi) is 3.06. The molecular formula is C16H16N4. The van der Waals surface area contributed by atoms with Gasteiger partial charge in [0.1, 0.15) is 5.69 Å². The van der Waals surface area contributed by atoms with Crippen LogP contribution in [0.15, 0.2) is 36.7 Å². The van der Waals surface area contributed by atoms with E-state index < -0.39 is 0 Å². The van der Waals surface area contributed by atoms with E-state index in [4.69, 9.17) is 4.98 Å². The highest BCUT2D eigenvalue weighted by Gasteiger charge is 2.12. The second kappa shape index (κ2) is 4.89. The summed E-state index contributed by atoms with van der Waals surface area (Å²) in [7, 11) is 1.87. The fourth-order valence-corrected chi connectivity index (χ4v) is 2.29. The molecule has 100 valence electrons. The Bertz CT molecular complexity index is 775. The van der Waals surface area contributed by atoms with Crippen LogP contribution < -0.4 is 5.32 Å². The third kappa shape index (κ3) is 1.99. The number of pyridine rings is 1. The molecular weight excluding hydrogens is 248 g/mol. The van der Waals surface area contributed by atoms with Crippen LogP contribution >= 0.6 is 0 Å². The minimum atomic E-state index is 0.796. The Balaban J connectivity index is 2.33. The number of hydrogen-bond donors (Lipinski definition) is 1. The number of fused-ring (bicyclic) bond motifs is 1. The Morgan fingerprint density at radius 2 is 1.80 bits per heavy atom. The molecule has 0 spiro atoms. The van der Waals surface area contributed by atoms with Gasteiger partial charge in [-0.3, -0.25) is 4.98 Å². The fraction of sp³-hybridized carbons (Fsp3) is 0.188. The van der Waals surface area contributed by atoms with Gasteiger partial charge in [-0.05, 0) is 25.3 Å². The number of nitrogens with zero attached hydrogens (tertiary/aromatic N) is 3. The zero-order valence-electron chi connectivity index (χ0n) is 11.8. The molecule has 0 radical (unpaired) electrons. The minimum Gasteiger partial charge on any atom is -0.371 e. The predicted octanol–water partition coefficient (Wildman–Crippen LogP) is 3.35. The number of anilines is 1. The van der Waals surface area contributed by atoms with E-state index in [-0.39, 0.29) is 0 Å². The maximum absolute atomic E-state index is 4.71. The number of hydrogen-bond acceptors (Lipinski definition) is 4. The van der Waals surface area contributed by atoms with Gasteiger partial charge < -0.3 is 5.32 Å². The second-order valence-corrected chi connectivity index (χ2v) is 4.74. The van der Waals surface area contributed by atoms with Crippen LogP contribution in [0.5, 0.6) is 0 Å². The van der Waals surface area contributed by atoms with Crippen LogP contribution in [0.2, 0.25) is 0 Å². The molecule has 0 bridgehead atoms. The lowest BCUT2D eigenvalue weighted by atomic mass is 10.0. The highest BCUT2D eigenvalue weighted by molar-refractivity contribution is 5.97. The quantitative estimate of drug-likeness (QED) is 0.771. The van der Waals surface area contributed by atoms with E-state index in [1.807, 2.05) is 39.2 Å². The molecule has 0 amide bonds. The smallest absolute Gasteiger partial charge is 0.152 e. The molecule has 2 aromatic heterocycles. The van der Waals surface area contributed by atoms with Crippen molar-refractivity contribution >= 4 is 16.6 Å². The van der Waals surface area contributed by atoms with E-state index in [0.717, 1.165) is 39.2 Å². The molecule has 0 aliphatic heterocycles. The highest BCUT2D eigenvalue weighted by Crippen LogP contribution is 2.31. The molecule has 20 heavy (non-hydrogen) atoms. The molecule has 1 N–H and O–H groups in total. The molecule has 2 heterocycles. The molecule has 4 nitrogen and oxygen atoms in total. The van der Waals surface area contributed by atoms with Gasteiger partial charge >= 0.3 is 0 Å². The molecule has 0 unspecified atom stereocenters. The lowest BCUT2D eigenvalue weighted by Crippen LogP contribution is -2.03. The summed E-state index contributed by atoms with van der Waals surface area (Å²) in [5, 5.41) is 5.37. The third-order valence-electron chi connectivity index (χ3n) is 3.48. The summed E-state index contributed by atoms with van der Waals surface area (Å²) >= 11 is 0. The molecule has 4 heteroatoms. The van der Waals surface area contributed by atoms with E-state index in [2.05, 4.69) is 27.4 Å². The number of aryl methyl sites for hydroxylation is 2. The minimum absolute atomic E-state index is 0.796. The average molecular weight is 264 g/mol. The van der Waals surface area contributed by atoms with Crippen molar-refractivity contribution in [2.24, 2.45) is 0 Å². The molecule has 0 aliphatic rings. The molecule has 0 atom stereocenters. The zero-order chi connectivity index (χ0) is 14.1. The van der Waals surface area contributed by atoms with Crippen molar-refractivity contribution in [1.29, 1.82) is 0 Å². The van der Waals surface area contributed by atoms with Crippen LogP contribution in [0.1, 0.15) is 11.4 Å². The number of benzene rings is 1. The van der Waals surface area contributed by atoms with Crippen molar-refractivity contribution in [2.45, 2.75) is 13.8 Å². The van der Waals surface area contributed by atoms with Gasteiger partial charge in [0.25, 0.3) is 0 Å². The van der Waals surface area contributed by atoms with E-state index in [9.17, 15) is 0 Å². The van der Waals surface area contributed by atoms with Crippen LogP contribution in [0.25, 0.3) is 22.0 Å². The normalized spacial score (nSPS) is 10.8. The molecule has 3 aromatic rings. The van der Waals surface area contributed by atoms with Gasteiger partial charge in [-0.25, -0.2) is 9.97 Å². The first-order valence-electron chi connectivity index (χ1n) is 6.57. The predicted molar refractivity (Wildman–Crippen MR) is 81.8 cm³/mol. The maximum atomic E-state index is 4.71. The Hall–Kier alpha value is -2.49. The lowest BCUT2D eigenvalue weighted by Gasteiger charge is -2.12. The number of rotatable bonds is 2. The van der Waals surface area contributed by atoms with E-state index in [1.54, 1.807) is 6.20 Å². The summed E-state index contributed by atoms with van der Waals surface area (Å²) in [6.45, 7) is 3.95. The van der Waals surface area contributed by atoms with E-state index in [0.29, 0.717) is 0 Å². The van der Waals surface area contributed by atoms with Crippen molar-refractivity contribution in [3.05, 3.63) is 48.0 Å². The molecule has 0 fully saturated rings. The van der Waals surface area contributed by atoms with Gasteiger partial charge in [-0.1, -0.05) is 18.2 Å². The fourth-order valence-electron chi connectivity index (χ4n) is 2.29. The second-order valence-electron chi connectivity index (χ2n) is 4.74. The summed E-state index contributed by atoms with van der Waals surface area (Å²) < 4.78 is 0. The average Bonchev–Trinajstić information content (AvgIpc) is 2.49. The molecule has 0 aliphatic carbocycles. The van der Waals surface area contributed by atoms with Crippen molar-refractivity contribution in [3.63, 3.8) is 0 Å². The highest BCUT2D eigenvalue weighted by atomic mass is 15.0. The topological polar surface area (TPSA) is 50.7 Å². The Labute approximate surface area is 117 Å². The van der Waals surface area contributed by atoms with Crippen LogP contribution in [0, 0.1) is 13.8 Å². The third-order valence-corrected chi connectivity index (χ3v) is 3.48. The lowest BCUT2D eigenvalue weighted by molar-refractivity contribution is 1.05. The SMILES string of the molecule is CNc1nc(C)c(C)nc1-c1cccc2ccncc12. The maximum Gasteiger partial charge on any atom is 0.152 e. The summed E-state index contributed by atoms with van der Waals surface area (Å²) in [4.78, 5) is 13.5. The number of nitrogens with one attached hydrogen (secondary N) is 1. The van der Waals surface area contributed by atoms with Crippen molar-refractivity contribution < 1.29 is 0 Å². The van der Waals surface area contributed by atoms with Gasteiger partial charge in [-0.15, -0.1) is 0 Å². The zero-order valence-corrected chi connectivity index (χ0v) is 11.8. The first kappa shape index (κ1) is 12.5. The van der Waals surface area contributed by atoms with Crippen LogP contribution in [-0.2, 0) is 0 Å². The van der Waals surface area contributed by atoms with Crippen LogP contribution in [0.4, 0.5) is 5.82 Å². The first-order chi connectivity index (χ1) is 9.70. The van der Waals surface area contributed by atoms with Crippen LogP contribution in [0.3, 0.4) is 0 Å². The molecule has 0 saturated heterocycles. The van der Waals surface area contributed by atoms with E-state index >= 15 is 0 Å². The van der Waals surface area contributed by atoms with Gasteiger partial charge in [0.05, 0.1) is 11.4 Å².